The lowest BCUT2D eigenvalue weighted by atomic mass is 10.1. The highest BCUT2D eigenvalue weighted by Crippen LogP contribution is 2.44. The predicted molar refractivity (Wildman–Crippen MR) is 65.1 cm³/mol. The largest absolute Gasteiger partial charge is 0.396 e. The van der Waals surface area contributed by atoms with E-state index in [1.807, 2.05) is 0 Å². The van der Waals surface area contributed by atoms with E-state index in [0.717, 1.165) is 25.1 Å². The first-order valence-electron chi connectivity index (χ1n) is 5.66. The molecule has 0 saturated heterocycles. The lowest BCUT2D eigenvalue weighted by Gasteiger charge is -2.14. The van der Waals surface area contributed by atoms with Gasteiger partial charge in [0.1, 0.15) is 0 Å². The summed E-state index contributed by atoms with van der Waals surface area (Å²) in [5.74, 6) is 0. The Morgan fingerprint density at radius 1 is 1.53 bits per heavy atom. The van der Waals surface area contributed by atoms with Crippen LogP contribution < -0.4 is 5.32 Å². The molecule has 1 fully saturated rings. The van der Waals surface area contributed by atoms with Crippen LogP contribution in [0.3, 0.4) is 0 Å². The van der Waals surface area contributed by atoms with Crippen LogP contribution in [0.2, 0.25) is 0 Å². The molecule has 0 bridgehead atoms. The summed E-state index contributed by atoms with van der Waals surface area (Å²) in [4.78, 5) is 10.3. The number of hydrogen-bond donors (Lipinski definition) is 2. The summed E-state index contributed by atoms with van der Waals surface area (Å²) in [5, 5.41) is 23.1. The van der Waals surface area contributed by atoms with E-state index in [2.05, 4.69) is 5.32 Å². The van der Waals surface area contributed by atoms with E-state index >= 15 is 0 Å². The highest BCUT2D eigenvalue weighted by molar-refractivity contribution is 5.53. The molecule has 1 aliphatic rings. The Labute approximate surface area is 99.6 Å². The number of rotatable bonds is 5. The molecule has 1 aromatic carbocycles. The molecular weight excluding hydrogens is 220 g/mol. The van der Waals surface area contributed by atoms with E-state index in [0.29, 0.717) is 5.56 Å². The number of anilines is 1. The first kappa shape index (κ1) is 11.9. The fraction of sp³-hybridized carbons (Fsp3) is 0.500. The third kappa shape index (κ3) is 2.55. The molecule has 0 spiro atoms. The van der Waals surface area contributed by atoms with Gasteiger partial charge in [0.15, 0.2) is 0 Å². The third-order valence-electron chi connectivity index (χ3n) is 3.35. The summed E-state index contributed by atoms with van der Waals surface area (Å²) >= 11 is 0. The fourth-order valence-corrected chi connectivity index (χ4v) is 1.83. The van der Waals surface area contributed by atoms with Crippen LogP contribution in [-0.4, -0.2) is 23.2 Å². The molecular formula is C12H16N2O3. The number of nitro benzene ring substituents is 1. The summed E-state index contributed by atoms with van der Waals surface area (Å²) < 4.78 is 0. The van der Waals surface area contributed by atoms with Gasteiger partial charge in [-0.3, -0.25) is 10.1 Å². The topological polar surface area (TPSA) is 75.4 Å². The van der Waals surface area contributed by atoms with Gasteiger partial charge in [0.25, 0.3) is 5.69 Å². The molecule has 1 aromatic rings. The van der Waals surface area contributed by atoms with Crippen molar-refractivity contribution < 1.29 is 10.0 Å². The van der Waals surface area contributed by atoms with Crippen molar-refractivity contribution in [1.82, 2.24) is 0 Å². The van der Waals surface area contributed by atoms with Gasteiger partial charge >= 0.3 is 0 Å². The maximum Gasteiger partial charge on any atom is 0.272 e. The maximum absolute atomic E-state index is 10.7. The SMILES string of the molecule is Cc1cc(NCC2(CO)CC2)ccc1[N+](=O)[O-]. The van der Waals surface area contributed by atoms with Gasteiger partial charge in [0, 0.05) is 29.3 Å². The molecule has 2 rings (SSSR count). The average Bonchev–Trinajstić information content (AvgIpc) is 3.07. The Bertz CT molecular complexity index is 441. The van der Waals surface area contributed by atoms with Crippen molar-refractivity contribution in [2.45, 2.75) is 19.8 Å². The first-order valence-corrected chi connectivity index (χ1v) is 5.66. The number of hydrogen-bond acceptors (Lipinski definition) is 4. The quantitative estimate of drug-likeness (QED) is 0.606. The van der Waals surface area contributed by atoms with Crippen LogP contribution in [-0.2, 0) is 0 Å². The second-order valence-electron chi connectivity index (χ2n) is 4.77. The maximum atomic E-state index is 10.7. The van der Waals surface area contributed by atoms with Crippen LogP contribution >= 0.6 is 0 Å². The van der Waals surface area contributed by atoms with Crippen LogP contribution in [0.4, 0.5) is 11.4 Å². The van der Waals surface area contributed by atoms with E-state index in [-0.39, 0.29) is 22.6 Å². The molecule has 0 amide bonds. The Kier molecular flexibility index (Phi) is 3.02. The van der Waals surface area contributed by atoms with Crippen molar-refractivity contribution in [2.75, 3.05) is 18.5 Å². The smallest absolute Gasteiger partial charge is 0.272 e. The van der Waals surface area contributed by atoms with E-state index < -0.39 is 0 Å². The van der Waals surface area contributed by atoms with Gasteiger partial charge in [0.05, 0.1) is 11.5 Å². The number of aliphatic hydroxyl groups excluding tert-OH is 1. The van der Waals surface area contributed by atoms with E-state index in [4.69, 9.17) is 0 Å². The molecule has 0 unspecified atom stereocenters. The van der Waals surface area contributed by atoms with Crippen molar-refractivity contribution in [1.29, 1.82) is 0 Å². The second-order valence-corrected chi connectivity index (χ2v) is 4.77. The van der Waals surface area contributed by atoms with Gasteiger partial charge in [-0.15, -0.1) is 0 Å². The van der Waals surface area contributed by atoms with Gasteiger partial charge < -0.3 is 10.4 Å². The minimum atomic E-state index is -0.380. The molecule has 0 radical (unpaired) electrons. The number of aliphatic hydroxyl groups is 1. The standard InChI is InChI=1S/C12H16N2O3/c1-9-6-10(2-3-11(9)14(16)17)13-7-12(8-15)4-5-12/h2-3,6,13,15H,4-5,7-8H2,1H3. The minimum Gasteiger partial charge on any atom is -0.396 e. The summed E-state index contributed by atoms with van der Waals surface area (Å²) in [7, 11) is 0. The number of nitrogens with zero attached hydrogens (tertiary/aromatic N) is 1. The van der Waals surface area contributed by atoms with Crippen LogP contribution in [0.1, 0.15) is 18.4 Å². The summed E-state index contributed by atoms with van der Waals surface area (Å²) in [6.45, 7) is 2.65. The lowest BCUT2D eigenvalue weighted by molar-refractivity contribution is -0.385. The van der Waals surface area contributed by atoms with E-state index in [1.165, 1.54) is 6.07 Å². The van der Waals surface area contributed by atoms with Crippen molar-refractivity contribution in [3.8, 4) is 0 Å². The molecule has 1 aliphatic carbocycles. The Morgan fingerprint density at radius 3 is 2.71 bits per heavy atom. The van der Waals surface area contributed by atoms with Crippen LogP contribution in [0.25, 0.3) is 0 Å². The fourth-order valence-electron chi connectivity index (χ4n) is 1.83. The molecule has 5 heteroatoms. The molecule has 5 nitrogen and oxygen atoms in total. The Balaban J connectivity index is 2.03. The Morgan fingerprint density at radius 2 is 2.24 bits per heavy atom. The number of nitrogens with one attached hydrogen (secondary N) is 1. The molecule has 1 saturated carbocycles. The third-order valence-corrected chi connectivity index (χ3v) is 3.35. The number of aryl methyl sites for hydroxylation is 1. The van der Waals surface area contributed by atoms with Gasteiger partial charge in [0.2, 0.25) is 0 Å². The van der Waals surface area contributed by atoms with Crippen LogP contribution in [0.5, 0.6) is 0 Å². The van der Waals surface area contributed by atoms with Gasteiger partial charge in [-0.2, -0.15) is 0 Å². The zero-order valence-electron chi connectivity index (χ0n) is 9.77. The van der Waals surface area contributed by atoms with Crippen molar-refractivity contribution in [3.05, 3.63) is 33.9 Å². The van der Waals surface area contributed by atoms with Crippen molar-refractivity contribution in [3.63, 3.8) is 0 Å². The highest BCUT2D eigenvalue weighted by Gasteiger charge is 2.41. The summed E-state index contributed by atoms with van der Waals surface area (Å²) in [6, 6.07) is 4.99. The normalized spacial score (nSPS) is 16.6. The predicted octanol–water partition coefficient (Wildman–Crippen LogP) is 2.09. The number of benzene rings is 1. The van der Waals surface area contributed by atoms with Gasteiger partial charge in [-0.05, 0) is 31.9 Å². The summed E-state index contributed by atoms with van der Waals surface area (Å²) in [6.07, 6.45) is 2.09. The molecule has 17 heavy (non-hydrogen) atoms. The number of nitro groups is 1. The second kappa shape index (κ2) is 4.33. The molecule has 92 valence electrons. The monoisotopic (exact) mass is 236 g/mol. The van der Waals surface area contributed by atoms with Crippen molar-refractivity contribution in [2.24, 2.45) is 5.41 Å². The molecule has 2 N–H and O–H groups in total. The van der Waals surface area contributed by atoms with E-state index in [1.54, 1.807) is 19.1 Å². The lowest BCUT2D eigenvalue weighted by Crippen LogP contribution is -2.19. The minimum absolute atomic E-state index is 0.0374. The van der Waals surface area contributed by atoms with Gasteiger partial charge in [-0.25, -0.2) is 0 Å². The van der Waals surface area contributed by atoms with E-state index in [9.17, 15) is 15.2 Å². The first-order chi connectivity index (χ1) is 8.06. The van der Waals surface area contributed by atoms with Gasteiger partial charge in [-0.1, -0.05) is 0 Å². The highest BCUT2D eigenvalue weighted by atomic mass is 16.6. The summed E-state index contributed by atoms with van der Waals surface area (Å²) in [5.41, 5.74) is 1.69. The molecule has 0 aliphatic heterocycles. The zero-order chi connectivity index (χ0) is 12.5. The average molecular weight is 236 g/mol. The van der Waals surface area contributed by atoms with Crippen molar-refractivity contribution >= 4 is 11.4 Å². The molecule has 0 atom stereocenters. The Hall–Kier alpha value is -1.62. The molecule has 0 heterocycles. The van der Waals surface area contributed by atoms with Crippen LogP contribution in [0.15, 0.2) is 18.2 Å². The molecule has 0 aromatic heterocycles. The van der Waals surface area contributed by atoms with Crippen LogP contribution in [0, 0.1) is 22.5 Å². The zero-order valence-corrected chi connectivity index (χ0v) is 9.77.